The molecule has 9 nitrogen and oxygen atoms in total. The molecule has 0 unspecified atom stereocenters. The van der Waals surface area contributed by atoms with E-state index in [1.54, 1.807) is 12.1 Å². The van der Waals surface area contributed by atoms with Gasteiger partial charge in [0.15, 0.2) is 5.82 Å². The van der Waals surface area contributed by atoms with Gasteiger partial charge in [-0.25, -0.2) is 13.9 Å². The minimum absolute atomic E-state index is 0.258. The van der Waals surface area contributed by atoms with Crippen molar-refractivity contribution in [1.29, 1.82) is 0 Å². The number of aromatic nitrogens is 3. The molecule has 0 spiro atoms. The van der Waals surface area contributed by atoms with Crippen molar-refractivity contribution >= 4 is 40.0 Å². The van der Waals surface area contributed by atoms with Crippen molar-refractivity contribution in [2.45, 2.75) is 12.5 Å². The van der Waals surface area contributed by atoms with E-state index in [1.165, 1.54) is 15.6 Å². The Hall–Kier alpha value is -3.15. The number of ether oxygens (including phenoxy) is 2. The van der Waals surface area contributed by atoms with Crippen LogP contribution in [-0.2, 0) is 9.47 Å². The Kier molecular flexibility index (Phi) is 6.66. The molecule has 2 saturated heterocycles. The molecule has 2 aromatic carbocycles. The standard InChI is InChI=1S/C23H25FN6O3S/c24-18-13-16(5-6-20(18)30-21-4-2-1-3-19(21)26-27-30)29-15-17(33-23(29)31)14-25-22(34)7-8-28-9-11-32-12-10-28/h1-6,13,17H,7-12,14-15H2,(H,25,34)/t17-/m0/s1. The quantitative estimate of drug-likeness (QED) is 0.512. The van der Waals surface area contributed by atoms with Gasteiger partial charge in [0.25, 0.3) is 0 Å². The fraction of sp³-hybridized carbons (Fsp3) is 0.391. The maximum atomic E-state index is 15.0. The molecule has 1 amide bonds. The number of carbonyl (C=O) groups excluding carboxylic acids is 1. The monoisotopic (exact) mass is 484 g/mol. The average molecular weight is 485 g/mol. The summed E-state index contributed by atoms with van der Waals surface area (Å²) in [6.07, 6.45) is -0.149. The Morgan fingerprint density at radius 2 is 2.03 bits per heavy atom. The Bertz CT molecular complexity index is 1200. The molecule has 178 valence electrons. The van der Waals surface area contributed by atoms with Crippen LogP contribution in [0.3, 0.4) is 0 Å². The molecule has 3 aromatic rings. The maximum absolute atomic E-state index is 15.0. The number of para-hydroxylation sites is 1. The van der Waals surface area contributed by atoms with E-state index in [2.05, 4.69) is 20.5 Å². The lowest BCUT2D eigenvalue weighted by Crippen LogP contribution is -2.39. The van der Waals surface area contributed by atoms with Gasteiger partial charge in [0.05, 0.1) is 42.5 Å². The summed E-state index contributed by atoms with van der Waals surface area (Å²) in [5.74, 6) is -0.508. The summed E-state index contributed by atoms with van der Waals surface area (Å²) in [4.78, 5) is 16.9. The van der Waals surface area contributed by atoms with Gasteiger partial charge in [-0.15, -0.1) is 5.10 Å². The van der Waals surface area contributed by atoms with Gasteiger partial charge in [0.2, 0.25) is 0 Å². The molecular weight excluding hydrogens is 459 g/mol. The molecule has 0 saturated carbocycles. The van der Waals surface area contributed by atoms with E-state index in [-0.39, 0.29) is 11.8 Å². The lowest BCUT2D eigenvalue weighted by molar-refractivity contribution is 0.0392. The fourth-order valence-electron chi connectivity index (χ4n) is 4.12. The zero-order chi connectivity index (χ0) is 23.5. The zero-order valence-corrected chi connectivity index (χ0v) is 19.3. The van der Waals surface area contributed by atoms with Gasteiger partial charge in [-0.2, -0.15) is 0 Å². The van der Waals surface area contributed by atoms with Crippen LogP contribution in [0.15, 0.2) is 42.5 Å². The molecule has 2 aliphatic rings. The van der Waals surface area contributed by atoms with Crippen LogP contribution in [0.25, 0.3) is 16.7 Å². The van der Waals surface area contributed by atoms with Crippen LogP contribution in [0.1, 0.15) is 6.42 Å². The number of morpholine rings is 1. The van der Waals surface area contributed by atoms with Crippen LogP contribution in [-0.4, -0.2) is 83.0 Å². The number of anilines is 1. The number of rotatable bonds is 7. The Morgan fingerprint density at radius 3 is 2.85 bits per heavy atom. The van der Waals surface area contributed by atoms with Gasteiger partial charge in [-0.05, 0) is 30.3 Å². The van der Waals surface area contributed by atoms with Gasteiger partial charge < -0.3 is 14.8 Å². The normalized spacial score (nSPS) is 18.9. The van der Waals surface area contributed by atoms with Gasteiger partial charge >= 0.3 is 6.09 Å². The van der Waals surface area contributed by atoms with Crippen molar-refractivity contribution in [3.05, 3.63) is 48.3 Å². The molecule has 0 radical (unpaired) electrons. The zero-order valence-electron chi connectivity index (χ0n) is 18.5. The molecule has 1 atom stereocenters. The van der Waals surface area contributed by atoms with E-state index in [0.29, 0.717) is 29.8 Å². The Labute approximate surface area is 201 Å². The first-order valence-electron chi connectivity index (χ1n) is 11.2. The molecule has 2 aliphatic heterocycles. The van der Waals surface area contributed by atoms with Gasteiger partial charge in [0.1, 0.15) is 17.3 Å². The maximum Gasteiger partial charge on any atom is 0.414 e. The summed E-state index contributed by atoms with van der Waals surface area (Å²) in [6.45, 7) is 4.94. The second-order valence-corrected chi connectivity index (χ2v) is 8.74. The first-order valence-corrected chi connectivity index (χ1v) is 11.6. The molecular formula is C23H25FN6O3S. The number of cyclic esters (lactones) is 1. The third-order valence-electron chi connectivity index (χ3n) is 5.98. The summed E-state index contributed by atoms with van der Waals surface area (Å²) < 4.78 is 27.3. The van der Waals surface area contributed by atoms with E-state index in [1.807, 2.05) is 24.3 Å². The topological polar surface area (TPSA) is 84.8 Å². The predicted octanol–water partition coefficient (Wildman–Crippen LogP) is 2.52. The number of hydrogen-bond donors (Lipinski definition) is 1. The number of nitrogens with zero attached hydrogens (tertiary/aromatic N) is 5. The van der Waals surface area contributed by atoms with Gasteiger partial charge in [0, 0.05) is 26.1 Å². The highest BCUT2D eigenvalue weighted by atomic mass is 32.1. The van der Waals surface area contributed by atoms with Crippen molar-refractivity contribution in [3.63, 3.8) is 0 Å². The summed E-state index contributed by atoms with van der Waals surface area (Å²) in [5, 5.41) is 11.3. The van der Waals surface area contributed by atoms with Crippen molar-refractivity contribution in [3.8, 4) is 5.69 Å². The number of benzene rings is 2. The van der Waals surface area contributed by atoms with E-state index in [0.717, 1.165) is 44.3 Å². The number of nitrogens with one attached hydrogen (secondary N) is 1. The SMILES string of the molecule is O=C1O[C@@H](CNC(=S)CCN2CCOCC2)CN1c1ccc(-n2nnc3ccccc32)c(F)c1. The molecule has 1 N–H and O–H groups in total. The molecule has 0 bridgehead atoms. The van der Waals surface area contributed by atoms with Crippen molar-refractivity contribution in [1.82, 2.24) is 25.2 Å². The molecule has 1 aromatic heterocycles. The third kappa shape index (κ3) is 4.86. The van der Waals surface area contributed by atoms with Crippen LogP contribution in [0, 0.1) is 5.82 Å². The minimum atomic E-state index is -0.510. The van der Waals surface area contributed by atoms with Crippen LogP contribution in [0.4, 0.5) is 14.9 Å². The van der Waals surface area contributed by atoms with Crippen LogP contribution in [0.5, 0.6) is 0 Å². The number of fused-ring (bicyclic) bond motifs is 1. The predicted molar refractivity (Wildman–Crippen MR) is 129 cm³/mol. The second kappa shape index (κ2) is 10.00. The highest BCUT2D eigenvalue weighted by Crippen LogP contribution is 2.26. The van der Waals surface area contributed by atoms with E-state index in [4.69, 9.17) is 21.7 Å². The third-order valence-corrected chi connectivity index (χ3v) is 6.33. The number of halogens is 1. The van der Waals surface area contributed by atoms with Crippen LogP contribution in [0.2, 0.25) is 0 Å². The smallest absolute Gasteiger partial charge is 0.414 e. The Balaban J connectivity index is 1.18. The van der Waals surface area contributed by atoms with E-state index >= 15 is 4.39 Å². The van der Waals surface area contributed by atoms with Crippen LogP contribution >= 0.6 is 12.2 Å². The first kappa shape index (κ1) is 22.6. The molecule has 11 heteroatoms. The lowest BCUT2D eigenvalue weighted by atomic mass is 10.2. The highest BCUT2D eigenvalue weighted by Gasteiger charge is 2.33. The number of carbonyl (C=O) groups is 1. The second-order valence-electron chi connectivity index (χ2n) is 8.25. The largest absolute Gasteiger partial charge is 0.442 e. The number of hydrogen-bond acceptors (Lipinski definition) is 7. The van der Waals surface area contributed by atoms with Crippen molar-refractivity contribution in [2.75, 3.05) is 50.8 Å². The molecule has 2 fully saturated rings. The van der Waals surface area contributed by atoms with E-state index in [9.17, 15) is 4.79 Å². The molecule has 34 heavy (non-hydrogen) atoms. The molecule has 5 rings (SSSR count). The number of thiocarbonyl (C=S) groups is 1. The molecule has 0 aliphatic carbocycles. The summed E-state index contributed by atoms with van der Waals surface area (Å²) in [5.41, 5.74) is 2.06. The molecule has 3 heterocycles. The van der Waals surface area contributed by atoms with Crippen molar-refractivity contribution < 1.29 is 18.7 Å². The summed E-state index contributed by atoms with van der Waals surface area (Å²) >= 11 is 5.43. The minimum Gasteiger partial charge on any atom is -0.442 e. The fourth-order valence-corrected chi connectivity index (χ4v) is 4.30. The highest BCUT2D eigenvalue weighted by molar-refractivity contribution is 7.80. The van der Waals surface area contributed by atoms with Gasteiger partial charge in [-0.3, -0.25) is 9.80 Å². The van der Waals surface area contributed by atoms with Crippen molar-refractivity contribution in [2.24, 2.45) is 0 Å². The van der Waals surface area contributed by atoms with Gasteiger partial charge in [-0.1, -0.05) is 29.6 Å². The average Bonchev–Trinajstić information content (AvgIpc) is 3.45. The van der Waals surface area contributed by atoms with Crippen LogP contribution < -0.4 is 10.2 Å². The summed E-state index contributed by atoms with van der Waals surface area (Å²) in [6, 6.07) is 11.9. The van der Waals surface area contributed by atoms with E-state index < -0.39 is 11.9 Å². The Morgan fingerprint density at radius 1 is 1.21 bits per heavy atom. The first-order chi connectivity index (χ1) is 16.6. The summed E-state index contributed by atoms with van der Waals surface area (Å²) in [7, 11) is 0. The number of amides is 1. The lowest BCUT2D eigenvalue weighted by Gasteiger charge is -2.26.